The number of hydrogen-bond acceptors (Lipinski definition) is 0. The summed E-state index contributed by atoms with van der Waals surface area (Å²) < 4.78 is 0. The van der Waals surface area contributed by atoms with Gasteiger partial charge in [0.05, 0.1) is 0 Å². The van der Waals surface area contributed by atoms with Gasteiger partial charge in [0.25, 0.3) is 0 Å². The van der Waals surface area contributed by atoms with Crippen molar-refractivity contribution < 1.29 is 0 Å². The minimum Gasteiger partial charge on any atom is -0.0616 e. The molecular formula is C49H34. The van der Waals surface area contributed by atoms with E-state index in [2.05, 4.69) is 184 Å². The summed E-state index contributed by atoms with van der Waals surface area (Å²) in [6.07, 6.45) is 0. The van der Waals surface area contributed by atoms with Gasteiger partial charge in [0.2, 0.25) is 0 Å². The van der Waals surface area contributed by atoms with Crippen LogP contribution in [0.5, 0.6) is 0 Å². The lowest BCUT2D eigenvalue weighted by Crippen LogP contribution is -2.15. The highest BCUT2D eigenvalue weighted by atomic mass is 14.4. The van der Waals surface area contributed by atoms with Crippen LogP contribution < -0.4 is 0 Å². The summed E-state index contributed by atoms with van der Waals surface area (Å²) in [6, 6.07) is 63.1. The smallest absolute Gasteiger partial charge is 0.0165 e. The van der Waals surface area contributed by atoms with Crippen LogP contribution in [0.15, 0.2) is 170 Å². The number of fused-ring (bicyclic) bond motifs is 9. The Morgan fingerprint density at radius 1 is 0.327 bits per heavy atom. The summed E-state index contributed by atoms with van der Waals surface area (Å²) in [4.78, 5) is 0. The van der Waals surface area contributed by atoms with Crippen LogP contribution in [-0.2, 0) is 5.41 Å². The third-order valence-electron chi connectivity index (χ3n) is 11.0. The molecule has 0 N–H and O–H groups in total. The van der Waals surface area contributed by atoms with Gasteiger partial charge in [0.15, 0.2) is 0 Å². The first kappa shape index (κ1) is 28.1. The molecule has 9 aromatic carbocycles. The van der Waals surface area contributed by atoms with E-state index in [4.69, 9.17) is 0 Å². The number of benzene rings is 9. The molecule has 49 heavy (non-hydrogen) atoms. The Hall–Kier alpha value is -5.98. The molecule has 0 fully saturated rings. The van der Waals surface area contributed by atoms with Gasteiger partial charge in [-0.1, -0.05) is 153 Å². The zero-order chi connectivity index (χ0) is 32.7. The Morgan fingerprint density at radius 2 is 0.837 bits per heavy atom. The van der Waals surface area contributed by atoms with Gasteiger partial charge in [-0.25, -0.2) is 0 Å². The molecule has 0 aliphatic heterocycles. The van der Waals surface area contributed by atoms with Crippen molar-refractivity contribution in [2.24, 2.45) is 0 Å². The van der Waals surface area contributed by atoms with Gasteiger partial charge in [-0.3, -0.25) is 0 Å². The van der Waals surface area contributed by atoms with E-state index >= 15 is 0 Å². The summed E-state index contributed by atoms with van der Waals surface area (Å²) in [5.41, 5.74) is 13.0. The molecule has 0 unspecified atom stereocenters. The molecule has 0 radical (unpaired) electrons. The first-order valence-corrected chi connectivity index (χ1v) is 17.3. The zero-order valence-corrected chi connectivity index (χ0v) is 27.7. The van der Waals surface area contributed by atoms with E-state index in [1.807, 2.05) is 0 Å². The molecule has 0 heteroatoms. The van der Waals surface area contributed by atoms with Gasteiger partial charge in [0.1, 0.15) is 0 Å². The standard InChI is InChI=1S/C49H34/c1-49(2)46-30-45(42-16-7-8-17-43(42)47(46)44-25-24-32-11-5-6-15-41(32)48(44)49)40-14-9-13-34(29-40)35-20-21-39-28-38(23-22-37(39)27-35)36-19-18-31-10-3-4-12-33(31)26-36/h3-30H,1-2H3. The maximum Gasteiger partial charge on any atom is 0.0165 e. The van der Waals surface area contributed by atoms with Gasteiger partial charge < -0.3 is 0 Å². The molecule has 9 aromatic rings. The Bertz CT molecular complexity index is 2800. The van der Waals surface area contributed by atoms with Gasteiger partial charge in [-0.15, -0.1) is 0 Å². The van der Waals surface area contributed by atoms with Gasteiger partial charge in [-0.05, 0) is 129 Å². The van der Waals surface area contributed by atoms with Crippen LogP contribution in [-0.4, -0.2) is 0 Å². The first-order chi connectivity index (χ1) is 24.0. The predicted octanol–water partition coefficient (Wildman–Crippen LogP) is 13.6. The Balaban J connectivity index is 1.07. The maximum atomic E-state index is 2.49. The zero-order valence-electron chi connectivity index (χ0n) is 27.7. The quantitative estimate of drug-likeness (QED) is 0.184. The lowest BCUT2D eigenvalue weighted by molar-refractivity contribution is 0.667. The van der Waals surface area contributed by atoms with Crippen molar-refractivity contribution in [3.63, 3.8) is 0 Å². The highest BCUT2D eigenvalue weighted by Gasteiger charge is 2.38. The van der Waals surface area contributed by atoms with Crippen molar-refractivity contribution >= 4 is 43.1 Å². The van der Waals surface area contributed by atoms with Crippen molar-refractivity contribution in [1.82, 2.24) is 0 Å². The van der Waals surface area contributed by atoms with E-state index in [1.54, 1.807) is 0 Å². The summed E-state index contributed by atoms with van der Waals surface area (Å²) in [6.45, 7) is 4.80. The summed E-state index contributed by atoms with van der Waals surface area (Å²) in [5.74, 6) is 0. The van der Waals surface area contributed by atoms with Gasteiger partial charge in [-0.2, -0.15) is 0 Å². The van der Waals surface area contributed by atoms with Gasteiger partial charge >= 0.3 is 0 Å². The van der Waals surface area contributed by atoms with Crippen LogP contribution in [0.25, 0.3) is 87.6 Å². The van der Waals surface area contributed by atoms with Crippen LogP contribution in [0.1, 0.15) is 25.0 Å². The molecule has 0 atom stereocenters. The average Bonchev–Trinajstić information content (AvgIpc) is 3.40. The molecule has 230 valence electrons. The van der Waals surface area contributed by atoms with Crippen molar-refractivity contribution in [3.05, 3.63) is 181 Å². The minimum atomic E-state index is -0.119. The monoisotopic (exact) mass is 622 g/mol. The molecule has 0 spiro atoms. The highest BCUT2D eigenvalue weighted by molar-refractivity contribution is 6.11. The van der Waals surface area contributed by atoms with Crippen LogP contribution in [0, 0.1) is 0 Å². The van der Waals surface area contributed by atoms with Crippen molar-refractivity contribution in [3.8, 4) is 44.5 Å². The molecule has 0 bridgehead atoms. The van der Waals surface area contributed by atoms with Crippen molar-refractivity contribution in [1.29, 1.82) is 0 Å². The molecule has 0 heterocycles. The third kappa shape index (κ3) is 4.31. The second-order valence-corrected chi connectivity index (χ2v) is 14.1. The largest absolute Gasteiger partial charge is 0.0616 e. The minimum absolute atomic E-state index is 0.119. The summed E-state index contributed by atoms with van der Waals surface area (Å²) in [5, 5.41) is 10.3. The average molecular weight is 623 g/mol. The predicted molar refractivity (Wildman–Crippen MR) is 210 cm³/mol. The lowest BCUT2D eigenvalue weighted by atomic mass is 9.79. The summed E-state index contributed by atoms with van der Waals surface area (Å²) in [7, 11) is 0. The maximum absolute atomic E-state index is 2.49. The number of rotatable bonds is 3. The molecule has 1 aliphatic carbocycles. The molecule has 0 amide bonds. The van der Waals surface area contributed by atoms with E-state index < -0.39 is 0 Å². The Morgan fingerprint density at radius 3 is 1.55 bits per heavy atom. The van der Waals surface area contributed by atoms with Crippen LogP contribution in [0.3, 0.4) is 0 Å². The molecule has 10 rings (SSSR count). The fraction of sp³-hybridized carbons (Fsp3) is 0.0612. The van der Waals surface area contributed by atoms with Crippen LogP contribution >= 0.6 is 0 Å². The highest BCUT2D eigenvalue weighted by Crippen LogP contribution is 2.55. The van der Waals surface area contributed by atoms with E-state index in [-0.39, 0.29) is 5.41 Å². The van der Waals surface area contributed by atoms with Crippen molar-refractivity contribution in [2.75, 3.05) is 0 Å². The van der Waals surface area contributed by atoms with E-state index in [9.17, 15) is 0 Å². The van der Waals surface area contributed by atoms with Gasteiger partial charge in [0, 0.05) is 5.41 Å². The molecule has 0 saturated carbocycles. The van der Waals surface area contributed by atoms with E-state index in [0.717, 1.165) is 0 Å². The molecule has 0 saturated heterocycles. The molecule has 0 aromatic heterocycles. The normalized spacial score (nSPS) is 13.3. The SMILES string of the molecule is CC1(C)c2cc(-c3cccc(-c4ccc5cc(-c6ccc7ccccc7c6)ccc5c4)c3)c3ccccc3c2-c2ccc3ccccc3c21. The lowest BCUT2D eigenvalue weighted by Gasteiger charge is -2.24. The Kier molecular flexibility index (Phi) is 6.02. The molecular weight excluding hydrogens is 589 g/mol. The topological polar surface area (TPSA) is 0 Å². The summed E-state index contributed by atoms with van der Waals surface area (Å²) >= 11 is 0. The molecule has 1 aliphatic rings. The van der Waals surface area contributed by atoms with E-state index in [0.29, 0.717) is 0 Å². The van der Waals surface area contributed by atoms with Crippen LogP contribution in [0.2, 0.25) is 0 Å². The number of hydrogen-bond donors (Lipinski definition) is 0. The first-order valence-electron chi connectivity index (χ1n) is 17.3. The fourth-order valence-corrected chi connectivity index (χ4v) is 8.53. The third-order valence-corrected chi connectivity index (χ3v) is 11.0. The Labute approximate surface area is 286 Å². The van der Waals surface area contributed by atoms with Crippen molar-refractivity contribution in [2.45, 2.75) is 19.3 Å². The second kappa shape index (κ2) is 10.5. The second-order valence-electron chi connectivity index (χ2n) is 14.1. The fourth-order valence-electron chi connectivity index (χ4n) is 8.53. The van der Waals surface area contributed by atoms with Crippen LogP contribution in [0.4, 0.5) is 0 Å². The van der Waals surface area contributed by atoms with E-state index in [1.165, 1.54) is 98.7 Å². The molecule has 0 nitrogen and oxygen atoms in total.